The Morgan fingerprint density at radius 3 is 3.18 bits per heavy atom. The number of hydrogen-bond donors (Lipinski definition) is 1. The average Bonchev–Trinajstić information content (AvgIpc) is 2.69. The smallest absolute Gasteiger partial charge is 0.384 e. The van der Waals surface area contributed by atoms with Gasteiger partial charge in [0.15, 0.2) is 11.4 Å². The summed E-state index contributed by atoms with van der Waals surface area (Å²) in [6, 6.07) is 5.14. The van der Waals surface area contributed by atoms with E-state index in [0.29, 0.717) is 29.0 Å². The number of aromatic nitrogens is 1. The van der Waals surface area contributed by atoms with Crippen LogP contribution in [0.25, 0.3) is 11.0 Å². The van der Waals surface area contributed by atoms with E-state index in [4.69, 9.17) is 15.0 Å². The van der Waals surface area contributed by atoms with E-state index in [9.17, 15) is 4.79 Å². The van der Waals surface area contributed by atoms with Crippen molar-refractivity contribution in [1.82, 2.24) is 5.16 Å². The molecule has 0 fully saturated rings. The topological polar surface area (TPSA) is 78.3 Å². The van der Waals surface area contributed by atoms with Gasteiger partial charge in [-0.3, -0.25) is 0 Å². The van der Waals surface area contributed by atoms with Crippen LogP contribution in [0.1, 0.15) is 12.5 Å². The molecule has 17 heavy (non-hydrogen) atoms. The van der Waals surface area contributed by atoms with Crippen molar-refractivity contribution in [2.45, 2.75) is 6.92 Å². The summed E-state index contributed by atoms with van der Waals surface area (Å²) in [6.07, 6.45) is 0. The molecule has 2 aromatic rings. The van der Waals surface area contributed by atoms with Crippen LogP contribution in [0, 0.1) is 11.8 Å². The molecular weight excluding hydrogens is 220 g/mol. The van der Waals surface area contributed by atoms with E-state index in [1.165, 1.54) is 0 Å². The van der Waals surface area contributed by atoms with E-state index >= 15 is 0 Å². The normalized spacial score (nSPS) is 9.71. The highest BCUT2D eigenvalue weighted by molar-refractivity contribution is 5.91. The second-order valence-electron chi connectivity index (χ2n) is 3.25. The summed E-state index contributed by atoms with van der Waals surface area (Å²) < 4.78 is 9.64. The fraction of sp³-hybridized carbons (Fsp3) is 0.167. The van der Waals surface area contributed by atoms with Gasteiger partial charge in [-0.2, -0.15) is 0 Å². The van der Waals surface area contributed by atoms with Crippen molar-refractivity contribution >= 4 is 22.8 Å². The fourth-order valence-electron chi connectivity index (χ4n) is 1.33. The quantitative estimate of drug-likeness (QED) is 0.590. The maximum atomic E-state index is 11.0. The summed E-state index contributed by atoms with van der Waals surface area (Å²) >= 11 is 0. The Hall–Kier alpha value is -2.48. The summed E-state index contributed by atoms with van der Waals surface area (Å²) in [7, 11) is 0. The van der Waals surface area contributed by atoms with E-state index in [2.05, 4.69) is 17.0 Å². The number of ether oxygens (including phenoxy) is 1. The van der Waals surface area contributed by atoms with Crippen LogP contribution in [0.15, 0.2) is 22.7 Å². The summed E-state index contributed by atoms with van der Waals surface area (Å²) in [4.78, 5) is 11.0. The Bertz CT molecular complexity index is 619. The molecule has 0 radical (unpaired) electrons. The van der Waals surface area contributed by atoms with Crippen LogP contribution in [0.2, 0.25) is 0 Å². The van der Waals surface area contributed by atoms with E-state index in [0.717, 1.165) is 0 Å². The molecule has 0 saturated carbocycles. The molecule has 86 valence electrons. The lowest BCUT2D eigenvalue weighted by atomic mass is 10.1. The monoisotopic (exact) mass is 230 g/mol. The van der Waals surface area contributed by atoms with Crippen LogP contribution >= 0.6 is 0 Å². The average molecular weight is 230 g/mol. The van der Waals surface area contributed by atoms with Crippen LogP contribution in [0.4, 0.5) is 5.82 Å². The van der Waals surface area contributed by atoms with Gasteiger partial charge in [-0.1, -0.05) is 11.1 Å². The number of nitrogens with zero attached hydrogens (tertiary/aromatic N) is 1. The molecule has 0 aliphatic rings. The molecule has 5 heteroatoms. The van der Waals surface area contributed by atoms with Gasteiger partial charge in [0.25, 0.3) is 0 Å². The number of nitrogen functional groups attached to an aromatic ring is 1. The predicted octanol–water partition coefficient (Wildman–Crippen LogP) is 1.32. The van der Waals surface area contributed by atoms with Crippen LogP contribution < -0.4 is 5.73 Å². The lowest BCUT2D eigenvalue weighted by Crippen LogP contribution is -1.99. The molecular formula is C12H10N2O3. The molecule has 0 unspecified atom stereocenters. The van der Waals surface area contributed by atoms with Crippen molar-refractivity contribution in [3.05, 3.63) is 23.8 Å². The zero-order chi connectivity index (χ0) is 12.3. The van der Waals surface area contributed by atoms with Crippen molar-refractivity contribution in [2.24, 2.45) is 0 Å². The molecule has 0 bridgehead atoms. The molecule has 1 aromatic carbocycles. The Labute approximate surface area is 97.5 Å². The SMILES string of the molecule is CCOC(=O)C#Cc1ccc2onc(N)c2c1. The number of esters is 1. The summed E-state index contributed by atoms with van der Waals surface area (Å²) in [5.74, 6) is 4.82. The van der Waals surface area contributed by atoms with Gasteiger partial charge < -0.3 is 15.0 Å². The molecule has 2 rings (SSSR count). The summed E-state index contributed by atoms with van der Waals surface area (Å²) in [5.41, 5.74) is 6.84. The number of carbonyl (C=O) groups excluding carboxylic acids is 1. The highest BCUT2D eigenvalue weighted by atomic mass is 16.5. The third-order valence-corrected chi connectivity index (χ3v) is 2.08. The highest BCUT2D eigenvalue weighted by Gasteiger charge is 2.04. The van der Waals surface area contributed by atoms with Gasteiger partial charge in [-0.25, -0.2) is 4.79 Å². The number of benzene rings is 1. The highest BCUT2D eigenvalue weighted by Crippen LogP contribution is 2.20. The van der Waals surface area contributed by atoms with Crippen LogP contribution in [-0.2, 0) is 9.53 Å². The Morgan fingerprint density at radius 2 is 2.41 bits per heavy atom. The molecule has 0 atom stereocenters. The molecule has 5 nitrogen and oxygen atoms in total. The van der Waals surface area contributed by atoms with Crippen molar-refractivity contribution < 1.29 is 14.1 Å². The van der Waals surface area contributed by atoms with Gasteiger partial charge in [-0.15, -0.1) is 0 Å². The number of fused-ring (bicyclic) bond motifs is 1. The molecule has 0 spiro atoms. The van der Waals surface area contributed by atoms with Crippen molar-refractivity contribution in [1.29, 1.82) is 0 Å². The number of anilines is 1. The fourth-order valence-corrected chi connectivity index (χ4v) is 1.33. The van der Waals surface area contributed by atoms with Crippen LogP contribution in [0.5, 0.6) is 0 Å². The van der Waals surface area contributed by atoms with Crippen molar-refractivity contribution in [3.63, 3.8) is 0 Å². The zero-order valence-corrected chi connectivity index (χ0v) is 9.19. The standard InChI is InChI=1S/C12H10N2O3/c1-2-16-11(15)6-4-8-3-5-10-9(7-8)12(13)14-17-10/h3,5,7H,2H2,1H3,(H2,13,14). The van der Waals surface area contributed by atoms with E-state index in [-0.39, 0.29) is 0 Å². The number of nitrogens with two attached hydrogens (primary N) is 1. The Balaban J connectivity index is 2.30. The zero-order valence-electron chi connectivity index (χ0n) is 9.19. The Morgan fingerprint density at radius 1 is 1.59 bits per heavy atom. The first-order valence-corrected chi connectivity index (χ1v) is 5.04. The number of rotatable bonds is 1. The molecule has 2 N–H and O–H groups in total. The number of carbonyl (C=O) groups is 1. The maximum Gasteiger partial charge on any atom is 0.384 e. The molecule has 1 heterocycles. The lowest BCUT2D eigenvalue weighted by molar-refractivity contribution is -0.136. The first kappa shape index (κ1) is 11.0. The van der Waals surface area contributed by atoms with E-state index in [1.54, 1.807) is 25.1 Å². The third kappa shape index (κ3) is 2.37. The van der Waals surface area contributed by atoms with Crippen LogP contribution in [-0.4, -0.2) is 17.7 Å². The van der Waals surface area contributed by atoms with Gasteiger partial charge in [0.1, 0.15) is 0 Å². The minimum Gasteiger partial charge on any atom is -0.456 e. The molecule has 0 amide bonds. The largest absolute Gasteiger partial charge is 0.456 e. The van der Waals surface area contributed by atoms with Gasteiger partial charge in [0, 0.05) is 11.5 Å². The predicted molar refractivity (Wildman–Crippen MR) is 61.9 cm³/mol. The molecule has 0 aliphatic heterocycles. The van der Waals surface area contributed by atoms with Gasteiger partial charge in [0.05, 0.1) is 12.0 Å². The summed E-state index contributed by atoms with van der Waals surface area (Å²) in [5, 5.41) is 4.31. The molecule has 0 aliphatic carbocycles. The number of hydrogen-bond acceptors (Lipinski definition) is 5. The molecule has 1 aromatic heterocycles. The maximum absolute atomic E-state index is 11.0. The van der Waals surface area contributed by atoms with Gasteiger partial charge in [0.2, 0.25) is 0 Å². The second-order valence-corrected chi connectivity index (χ2v) is 3.25. The minimum atomic E-state index is -0.550. The van der Waals surface area contributed by atoms with E-state index < -0.39 is 5.97 Å². The Kier molecular flexibility index (Phi) is 2.97. The first-order valence-electron chi connectivity index (χ1n) is 5.04. The van der Waals surface area contributed by atoms with Crippen LogP contribution in [0.3, 0.4) is 0 Å². The third-order valence-electron chi connectivity index (χ3n) is 2.08. The van der Waals surface area contributed by atoms with Gasteiger partial charge in [-0.05, 0) is 25.1 Å². The molecule has 0 saturated heterocycles. The van der Waals surface area contributed by atoms with Gasteiger partial charge >= 0.3 is 5.97 Å². The summed E-state index contributed by atoms with van der Waals surface area (Å²) in [6.45, 7) is 2.04. The minimum absolute atomic E-state index is 0.305. The van der Waals surface area contributed by atoms with Crippen molar-refractivity contribution in [2.75, 3.05) is 12.3 Å². The second kappa shape index (κ2) is 4.58. The lowest BCUT2D eigenvalue weighted by Gasteiger charge is -1.92. The first-order chi connectivity index (χ1) is 8.20. The van der Waals surface area contributed by atoms with Crippen molar-refractivity contribution in [3.8, 4) is 11.8 Å². The van der Waals surface area contributed by atoms with E-state index in [1.807, 2.05) is 0 Å².